The van der Waals surface area contributed by atoms with Crippen molar-refractivity contribution in [2.75, 3.05) is 16.4 Å². The van der Waals surface area contributed by atoms with E-state index >= 15 is 0 Å². The Kier molecular flexibility index (Phi) is 5.51. The van der Waals surface area contributed by atoms with Gasteiger partial charge < -0.3 is 16.4 Å². The third-order valence-corrected chi connectivity index (χ3v) is 3.29. The number of carbonyl (C=O) groups excluding carboxylic acids is 1. The van der Waals surface area contributed by atoms with Gasteiger partial charge in [0.2, 0.25) is 5.95 Å². The third-order valence-electron chi connectivity index (χ3n) is 2.57. The van der Waals surface area contributed by atoms with Crippen molar-refractivity contribution in [2.24, 2.45) is 0 Å². The van der Waals surface area contributed by atoms with Gasteiger partial charge in [-0.15, -0.1) is 0 Å². The summed E-state index contributed by atoms with van der Waals surface area (Å²) in [4.78, 5) is 20.0. The summed E-state index contributed by atoms with van der Waals surface area (Å²) < 4.78 is 0.711. The molecule has 1 aromatic heterocycles. The molecule has 23 heavy (non-hydrogen) atoms. The lowest BCUT2D eigenvalue weighted by Gasteiger charge is -2.07. The van der Waals surface area contributed by atoms with Crippen LogP contribution in [0.15, 0.2) is 46.8 Å². The van der Waals surface area contributed by atoms with Gasteiger partial charge in [-0.3, -0.25) is 4.79 Å². The van der Waals surface area contributed by atoms with E-state index in [0.717, 1.165) is 0 Å². The predicted octanol–water partition coefficient (Wildman–Crippen LogP) is 2.93. The predicted molar refractivity (Wildman–Crippen MR) is 91.5 cm³/mol. The fourth-order valence-electron chi connectivity index (χ4n) is 1.49. The number of halogens is 2. The molecule has 0 aliphatic carbocycles. The molecule has 9 heteroatoms. The van der Waals surface area contributed by atoms with Crippen LogP contribution in [0.25, 0.3) is 0 Å². The molecule has 0 saturated carbocycles. The van der Waals surface area contributed by atoms with E-state index in [0.29, 0.717) is 15.8 Å². The van der Waals surface area contributed by atoms with Crippen LogP contribution < -0.4 is 16.4 Å². The SMILES string of the molecule is N#C/C(=C/Nc1ncc(Br)cn1)C(=O)Nc1ccc(N)cc1Cl. The third kappa shape index (κ3) is 4.67. The molecule has 0 saturated heterocycles. The summed E-state index contributed by atoms with van der Waals surface area (Å²) in [6.45, 7) is 0. The van der Waals surface area contributed by atoms with Gasteiger partial charge in [0.25, 0.3) is 5.91 Å². The monoisotopic (exact) mass is 392 g/mol. The Morgan fingerprint density at radius 3 is 2.70 bits per heavy atom. The second-order valence-electron chi connectivity index (χ2n) is 4.23. The lowest BCUT2D eigenvalue weighted by Crippen LogP contribution is -2.15. The average Bonchev–Trinajstić information content (AvgIpc) is 2.52. The van der Waals surface area contributed by atoms with Gasteiger partial charge in [-0.1, -0.05) is 11.6 Å². The van der Waals surface area contributed by atoms with E-state index in [2.05, 4.69) is 36.5 Å². The smallest absolute Gasteiger partial charge is 0.267 e. The summed E-state index contributed by atoms with van der Waals surface area (Å²) >= 11 is 9.18. The number of anilines is 3. The van der Waals surface area contributed by atoms with E-state index < -0.39 is 5.91 Å². The minimum absolute atomic E-state index is 0.163. The summed E-state index contributed by atoms with van der Waals surface area (Å²) in [5, 5.41) is 14.6. The molecule has 0 aliphatic rings. The summed E-state index contributed by atoms with van der Waals surface area (Å²) in [5.74, 6) is -0.372. The maximum Gasteiger partial charge on any atom is 0.267 e. The van der Waals surface area contributed by atoms with Crippen LogP contribution in [0.3, 0.4) is 0 Å². The molecule has 1 heterocycles. The van der Waals surface area contributed by atoms with E-state index in [4.69, 9.17) is 22.6 Å². The molecule has 0 unspecified atom stereocenters. The summed E-state index contributed by atoms with van der Waals surface area (Å²) in [6.07, 6.45) is 4.27. The molecule has 0 atom stereocenters. The molecule has 0 radical (unpaired) electrons. The Balaban J connectivity index is 2.10. The number of amides is 1. The normalized spacial score (nSPS) is 10.7. The number of carbonyl (C=O) groups is 1. The minimum Gasteiger partial charge on any atom is -0.399 e. The fraction of sp³-hybridized carbons (Fsp3) is 0. The van der Waals surface area contributed by atoms with E-state index in [1.54, 1.807) is 18.2 Å². The molecule has 0 aliphatic heterocycles. The minimum atomic E-state index is -0.621. The zero-order chi connectivity index (χ0) is 16.8. The fourth-order valence-corrected chi connectivity index (χ4v) is 1.94. The first-order valence-electron chi connectivity index (χ1n) is 6.20. The Bertz CT molecular complexity index is 800. The number of nitriles is 1. The molecular weight excluding hydrogens is 384 g/mol. The number of nitrogens with zero attached hydrogens (tertiary/aromatic N) is 3. The van der Waals surface area contributed by atoms with Crippen LogP contribution in [-0.2, 0) is 4.79 Å². The molecule has 0 bridgehead atoms. The highest BCUT2D eigenvalue weighted by atomic mass is 79.9. The molecule has 7 nitrogen and oxygen atoms in total. The molecule has 116 valence electrons. The van der Waals surface area contributed by atoms with E-state index in [1.807, 2.05) is 0 Å². The van der Waals surface area contributed by atoms with Crippen molar-refractivity contribution in [1.82, 2.24) is 9.97 Å². The topological polar surface area (TPSA) is 117 Å². The summed E-state index contributed by atoms with van der Waals surface area (Å²) in [5.41, 5.74) is 6.24. The van der Waals surface area contributed by atoms with Crippen LogP contribution in [0.2, 0.25) is 5.02 Å². The lowest BCUT2D eigenvalue weighted by atomic mass is 10.2. The van der Waals surface area contributed by atoms with Crippen LogP contribution in [0.4, 0.5) is 17.3 Å². The van der Waals surface area contributed by atoms with Crippen molar-refractivity contribution in [3.8, 4) is 6.07 Å². The van der Waals surface area contributed by atoms with Crippen molar-refractivity contribution in [3.05, 3.63) is 51.9 Å². The zero-order valence-electron chi connectivity index (χ0n) is 11.5. The average molecular weight is 394 g/mol. The number of benzene rings is 1. The Labute approximate surface area is 145 Å². The van der Waals surface area contributed by atoms with Crippen LogP contribution in [0.1, 0.15) is 0 Å². The second-order valence-corrected chi connectivity index (χ2v) is 5.56. The van der Waals surface area contributed by atoms with Gasteiger partial charge in [0.05, 0.1) is 15.2 Å². The van der Waals surface area contributed by atoms with Crippen molar-refractivity contribution in [3.63, 3.8) is 0 Å². The van der Waals surface area contributed by atoms with Gasteiger partial charge in [0.15, 0.2) is 0 Å². The van der Waals surface area contributed by atoms with Crippen molar-refractivity contribution >= 4 is 50.8 Å². The number of hydrogen-bond donors (Lipinski definition) is 3. The van der Waals surface area contributed by atoms with E-state index in [-0.39, 0.29) is 16.5 Å². The van der Waals surface area contributed by atoms with E-state index in [9.17, 15) is 4.79 Å². The van der Waals surface area contributed by atoms with Gasteiger partial charge in [-0.2, -0.15) is 5.26 Å². The Hall–Kier alpha value is -2.63. The van der Waals surface area contributed by atoms with Gasteiger partial charge in [-0.05, 0) is 34.1 Å². The zero-order valence-corrected chi connectivity index (χ0v) is 13.9. The first-order valence-corrected chi connectivity index (χ1v) is 7.37. The highest BCUT2D eigenvalue weighted by molar-refractivity contribution is 9.10. The van der Waals surface area contributed by atoms with Crippen molar-refractivity contribution in [2.45, 2.75) is 0 Å². The maximum absolute atomic E-state index is 12.1. The van der Waals surface area contributed by atoms with Gasteiger partial charge in [0, 0.05) is 24.3 Å². The number of aromatic nitrogens is 2. The molecule has 4 N–H and O–H groups in total. The summed E-state index contributed by atoms with van der Waals surface area (Å²) in [7, 11) is 0. The van der Waals surface area contributed by atoms with Crippen molar-refractivity contribution < 1.29 is 4.79 Å². The number of nitrogen functional groups attached to an aromatic ring is 1. The van der Waals surface area contributed by atoms with E-state index in [1.165, 1.54) is 24.7 Å². The Morgan fingerprint density at radius 2 is 2.09 bits per heavy atom. The summed E-state index contributed by atoms with van der Waals surface area (Å²) in [6, 6.07) is 6.43. The van der Waals surface area contributed by atoms with Gasteiger partial charge in [-0.25, -0.2) is 9.97 Å². The van der Waals surface area contributed by atoms with Crippen LogP contribution in [0.5, 0.6) is 0 Å². The molecule has 0 spiro atoms. The Morgan fingerprint density at radius 1 is 1.39 bits per heavy atom. The molecular formula is C14H10BrClN6O. The largest absolute Gasteiger partial charge is 0.399 e. The molecule has 0 fully saturated rings. The molecule has 2 aromatic rings. The first kappa shape index (κ1) is 16.7. The first-order chi connectivity index (χ1) is 11.0. The van der Waals surface area contributed by atoms with Crippen LogP contribution >= 0.6 is 27.5 Å². The van der Waals surface area contributed by atoms with Gasteiger partial charge in [0.1, 0.15) is 11.6 Å². The quantitative estimate of drug-likeness (QED) is 0.418. The number of nitrogens with one attached hydrogen (secondary N) is 2. The van der Waals surface area contributed by atoms with Crippen LogP contribution in [0, 0.1) is 11.3 Å². The van der Waals surface area contributed by atoms with Gasteiger partial charge >= 0.3 is 0 Å². The molecule has 1 aromatic carbocycles. The highest BCUT2D eigenvalue weighted by Gasteiger charge is 2.11. The lowest BCUT2D eigenvalue weighted by molar-refractivity contribution is -0.112. The number of hydrogen-bond acceptors (Lipinski definition) is 6. The van der Waals surface area contributed by atoms with Crippen LogP contribution in [-0.4, -0.2) is 15.9 Å². The molecule has 2 rings (SSSR count). The number of nitrogens with two attached hydrogens (primary N) is 1. The second kappa shape index (κ2) is 7.58. The standard InChI is InChI=1S/C14H10BrClN6O/c15-9-6-20-14(21-7-9)19-5-8(4-17)13(23)22-12-2-1-10(18)3-11(12)16/h1-3,5-7H,18H2,(H,22,23)(H,19,20,21)/b8-5-. The molecule has 1 amide bonds. The van der Waals surface area contributed by atoms with Crippen molar-refractivity contribution in [1.29, 1.82) is 5.26 Å². The highest BCUT2D eigenvalue weighted by Crippen LogP contribution is 2.24. The number of rotatable bonds is 4. The maximum atomic E-state index is 12.1.